The van der Waals surface area contributed by atoms with Crippen LogP contribution in [-0.2, 0) is 0 Å². The van der Waals surface area contributed by atoms with Crippen molar-refractivity contribution in [2.75, 3.05) is 5.73 Å². The average molecular weight is 281 g/mol. The minimum Gasteiger partial charge on any atom is -0.398 e. The number of benzene rings is 5. The molecule has 0 aliphatic carbocycles. The topological polar surface area (TPSA) is 26.0 Å². The van der Waals surface area contributed by atoms with Gasteiger partial charge >= 0.3 is 0 Å². The van der Waals surface area contributed by atoms with Gasteiger partial charge in [0.1, 0.15) is 0 Å². The molecule has 0 heterocycles. The zero-order valence-corrected chi connectivity index (χ0v) is 12.4. The first-order valence-corrected chi connectivity index (χ1v) is 7.59. The summed E-state index contributed by atoms with van der Waals surface area (Å²) in [5, 5.41) is 10.2. The van der Waals surface area contributed by atoms with Gasteiger partial charge in [-0.25, -0.2) is 0 Å². The molecule has 5 aromatic carbocycles. The normalized spacial score (nSPS) is 12.0. The first-order chi connectivity index (χ1) is 10.7. The van der Waals surface area contributed by atoms with Gasteiger partial charge in [-0.2, -0.15) is 0 Å². The number of hydrogen-bond acceptors (Lipinski definition) is 1. The lowest BCUT2D eigenvalue weighted by molar-refractivity contribution is 1.53. The summed E-state index contributed by atoms with van der Waals surface area (Å²) >= 11 is 0. The summed E-state index contributed by atoms with van der Waals surface area (Å²) in [4.78, 5) is 0. The van der Waals surface area contributed by atoms with E-state index in [4.69, 9.17) is 5.73 Å². The fraction of sp³-hybridized carbons (Fsp3) is 0.0476. The Hall–Kier alpha value is -2.80. The minimum absolute atomic E-state index is 0.862. The van der Waals surface area contributed by atoms with Gasteiger partial charge in [-0.15, -0.1) is 0 Å². The molecule has 2 N–H and O–H groups in total. The third kappa shape index (κ3) is 1.33. The van der Waals surface area contributed by atoms with E-state index in [1.807, 2.05) is 6.07 Å². The second kappa shape index (κ2) is 3.89. The molecule has 0 aliphatic rings. The molecule has 5 rings (SSSR count). The predicted molar refractivity (Wildman–Crippen MR) is 96.8 cm³/mol. The molecule has 0 saturated carbocycles. The molecule has 0 radical (unpaired) electrons. The summed E-state index contributed by atoms with van der Waals surface area (Å²) in [6.07, 6.45) is 0. The van der Waals surface area contributed by atoms with Gasteiger partial charge in [0.2, 0.25) is 0 Å². The highest BCUT2D eigenvalue weighted by Gasteiger charge is 2.14. The Morgan fingerprint density at radius 2 is 1.36 bits per heavy atom. The number of rotatable bonds is 0. The Morgan fingerprint density at radius 1 is 0.636 bits per heavy atom. The lowest BCUT2D eigenvalue weighted by atomic mass is 9.88. The van der Waals surface area contributed by atoms with Crippen LogP contribution in [0.25, 0.3) is 43.1 Å². The molecule has 0 bridgehead atoms. The van der Waals surface area contributed by atoms with Gasteiger partial charge in [0.05, 0.1) is 0 Å². The minimum atomic E-state index is 0.862. The smallest absolute Gasteiger partial charge is 0.0400 e. The number of anilines is 1. The van der Waals surface area contributed by atoms with Crippen molar-refractivity contribution in [2.45, 2.75) is 6.92 Å². The van der Waals surface area contributed by atoms with Crippen LogP contribution in [0.2, 0.25) is 0 Å². The largest absolute Gasteiger partial charge is 0.398 e. The van der Waals surface area contributed by atoms with E-state index >= 15 is 0 Å². The van der Waals surface area contributed by atoms with E-state index < -0.39 is 0 Å². The van der Waals surface area contributed by atoms with E-state index in [0.717, 1.165) is 5.69 Å². The Bertz CT molecular complexity index is 1180. The van der Waals surface area contributed by atoms with Crippen LogP contribution in [0, 0.1) is 6.92 Å². The molecule has 0 saturated heterocycles. The zero-order valence-electron chi connectivity index (χ0n) is 12.4. The van der Waals surface area contributed by atoms with E-state index in [0.29, 0.717) is 0 Å². The standard InChI is InChI=1S/C21H15N/c1-12-10-14-5-3-6-15-16-7-2-4-13-8-9-18(22)21(20(13)16)17(11-12)19(14)15/h2-11H,22H2,1H3. The fourth-order valence-electron chi connectivity index (χ4n) is 3.91. The third-order valence-corrected chi connectivity index (χ3v) is 4.76. The van der Waals surface area contributed by atoms with E-state index in [1.165, 1.54) is 48.7 Å². The monoisotopic (exact) mass is 281 g/mol. The number of hydrogen-bond donors (Lipinski definition) is 1. The zero-order chi connectivity index (χ0) is 14.8. The molecule has 0 aliphatic heterocycles. The quantitative estimate of drug-likeness (QED) is 0.222. The lowest BCUT2D eigenvalue weighted by Gasteiger charge is -2.16. The van der Waals surface area contributed by atoms with Crippen LogP contribution in [0.1, 0.15) is 5.56 Å². The summed E-state index contributed by atoms with van der Waals surface area (Å²) in [5.41, 5.74) is 8.52. The van der Waals surface area contributed by atoms with E-state index in [2.05, 4.69) is 61.5 Å². The Morgan fingerprint density at radius 3 is 2.18 bits per heavy atom. The van der Waals surface area contributed by atoms with Crippen LogP contribution in [0.4, 0.5) is 5.69 Å². The SMILES string of the molecule is Cc1cc2cccc3c4cccc5ccc(N)c(c(c1)c23)c54. The molecule has 5 aromatic rings. The summed E-state index contributed by atoms with van der Waals surface area (Å²) in [6, 6.07) is 21.8. The van der Waals surface area contributed by atoms with Gasteiger partial charge in [-0.3, -0.25) is 0 Å². The second-order valence-electron chi connectivity index (χ2n) is 6.15. The maximum Gasteiger partial charge on any atom is 0.0400 e. The molecule has 0 spiro atoms. The molecule has 0 atom stereocenters. The summed E-state index contributed by atoms with van der Waals surface area (Å²) in [6.45, 7) is 2.15. The highest BCUT2D eigenvalue weighted by atomic mass is 14.6. The van der Waals surface area contributed by atoms with Gasteiger partial charge in [0, 0.05) is 11.1 Å². The van der Waals surface area contributed by atoms with Crippen LogP contribution in [0.5, 0.6) is 0 Å². The lowest BCUT2D eigenvalue weighted by Crippen LogP contribution is -1.92. The molecule has 1 heteroatoms. The van der Waals surface area contributed by atoms with Crippen LogP contribution in [0.15, 0.2) is 60.7 Å². The molecule has 0 unspecified atom stereocenters. The second-order valence-corrected chi connectivity index (χ2v) is 6.15. The van der Waals surface area contributed by atoms with Crippen molar-refractivity contribution in [1.29, 1.82) is 0 Å². The van der Waals surface area contributed by atoms with Gasteiger partial charge in [0.15, 0.2) is 0 Å². The molecule has 22 heavy (non-hydrogen) atoms. The fourth-order valence-corrected chi connectivity index (χ4v) is 3.91. The summed E-state index contributed by atoms with van der Waals surface area (Å²) in [7, 11) is 0. The molecule has 104 valence electrons. The van der Waals surface area contributed by atoms with E-state index in [9.17, 15) is 0 Å². The molecular formula is C21H15N. The van der Waals surface area contributed by atoms with Crippen molar-refractivity contribution in [2.24, 2.45) is 0 Å². The van der Waals surface area contributed by atoms with Crippen molar-refractivity contribution in [1.82, 2.24) is 0 Å². The molecule has 0 fully saturated rings. The Kier molecular flexibility index (Phi) is 2.09. The highest BCUT2D eigenvalue weighted by Crippen LogP contribution is 2.42. The van der Waals surface area contributed by atoms with Crippen molar-refractivity contribution in [3.63, 3.8) is 0 Å². The molecule has 1 nitrogen and oxygen atoms in total. The highest BCUT2D eigenvalue weighted by molar-refractivity contribution is 6.35. The molecular weight excluding hydrogens is 266 g/mol. The van der Waals surface area contributed by atoms with Gasteiger partial charge in [-0.1, -0.05) is 54.6 Å². The maximum absolute atomic E-state index is 6.38. The Labute approximate surface area is 128 Å². The first-order valence-electron chi connectivity index (χ1n) is 7.59. The Balaban J connectivity index is 2.31. The van der Waals surface area contributed by atoms with E-state index in [1.54, 1.807) is 0 Å². The van der Waals surface area contributed by atoms with Crippen molar-refractivity contribution >= 4 is 48.8 Å². The van der Waals surface area contributed by atoms with Crippen molar-refractivity contribution < 1.29 is 0 Å². The predicted octanol–water partition coefficient (Wildman–Crippen LogP) is 5.63. The van der Waals surface area contributed by atoms with Gasteiger partial charge in [0.25, 0.3) is 0 Å². The maximum atomic E-state index is 6.38. The number of nitrogen functional groups attached to an aromatic ring is 1. The van der Waals surface area contributed by atoms with Crippen LogP contribution in [-0.4, -0.2) is 0 Å². The molecule has 0 aromatic heterocycles. The van der Waals surface area contributed by atoms with Crippen LogP contribution >= 0.6 is 0 Å². The van der Waals surface area contributed by atoms with Crippen molar-refractivity contribution in [3.05, 3.63) is 66.2 Å². The summed E-state index contributed by atoms with van der Waals surface area (Å²) < 4.78 is 0. The number of nitrogens with two attached hydrogens (primary N) is 1. The van der Waals surface area contributed by atoms with Crippen molar-refractivity contribution in [3.8, 4) is 0 Å². The molecule has 0 amide bonds. The van der Waals surface area contributed by atoms with E-state index in [-0.39, 0.29) is 0 Å². The van der Waals surface area contributed by atoms with Crippen LogP contribution in [0.3, 0.4) is 0 Å². The third-order valence-electron chi connectivity index (χ3n) is 4.76. The van der Waals surface area contributed by atoms with Gasteiger partial charge < -0.3 is 5.73 Å². The average Bonchev–Trinajstić information content (AvgIpc) is 2.52. The van der Waals surface area contributed by atoms with Crippen LogP contribution < -0.4 is 5.73 Å². The summed E-state index contributed by atoms with van der Waals surface area (Å²) in [5.74, 6) is 0. The number of fused-ring (bicyclic) bond motifs is 2. The number of aryl methyl sites for hydroxylation is 1. The van der Waals surface area contributed by atoms with Gasteiger partial charge in [-0.05, 0) is 56.3 Å². The first kappa shape index (κ1) is 11.8.